The van der Waals surface area contributed by atoms with Gasteiger partial charge < -0.3 is 11.2 Å². The van der Waals surface area contributed by atoms with E-state index in [2.05, 4.69) is 6.58 Å². The fourth-order valence-electron chi connectivity index (χ4n) is 0. The van der Waals surface area contributed by atoms with Crippen molar-refractivity contribution in [1.29, 1.82) is 0 Å². The van der Waals surface area contributed by atoms with Crippen molar-refractivity contribution in [2.45, 2.75) is 6.92 Å². The first-order valence-electron chi connectivity index (χ1n) is 1.60. The third-order valence-electron chi connectivity index (χ3n) is 0.421. The van der Waals surface area contributed by atoms with Crippen molar-refractivity contribution in [2.75, 3.05) is 0 Å². The molecule has 3 nitrogen and oxygen atoms in total. The highest BCUT2D eigenvalue weighted by atomic mass is 16.1. The first-order valence-corrected chi connectivity index (χ1v) is 1.60. The molecule has 0 radical (unpaired) electrons. The van der Waals surface area contributed by atoms with Gasteiger partial charge in [0.25, 0.3) is 0 Å². The van der Waals surface area contributed by atoms with Crippen LogP contribution in [0.25, 0.3) is 0 Å². The lowest BCUT2D eigenvalue weighted by atomic mass is 10.3. The molecular weight excluding hydrogens is 94.0 g/mol. The van der Waals surface area contributed by atoms with Crippen LogP contribution in [0.2, 0.25) is 0 Å². The summed E-state index contributed by atoms with van der Waals surface area (Å²) in [6.07, 6.45) is 0. The maximum atomic E-state index is 9.82. The Morgan fingerprint density at radius 1 is 1.71 bits per heavy atom. The molecule has 0 aromatic carbocycles. The molecular formula is C4H9NO2. The highest BCUT2D eigenvalue weighted by Crippen LogP contribution is 1.78. The Hall–Kier alpha value is -0.830. The number of amides is 1. The molecule has 0 aromatic heterocycles. The molecule has 4 N–H and O–H groups in total. The maximum Gasteiger partial charge on any atom is 0.243 e. The Kier molecular flexibility index (Phi) is 4.56. The number of hydrogen-bond donors (Lipinski definition) is 1. The van der Waals surface area contributed by atoms with Crippen LogP contribution in [0.15, 0.2) is 12.2 Å². The smallest absolute Gasteiger partial charge is 0.243 e. The second kappa shape index (κ2) is 3.36. The van der Waals surface area contributed by atoms with Gasteiger partial charge in [-0.3, -0.25) is 4.79 Å². The quantitative estimate of drug-likeness (QED) is 0.434. The van der Waals surface area contributed by atoms with Crippen molar-refractivity contribution in [2.24, 2.45) is 5.73 Å². The van der Waals surface area contributed by atoms with Gasteiger partial charge in [0.2, 0.25) is 5.91 Å². The van der Waals surface area contributed by atoms with Crippen molar-refractivity contribution in [3.05, 3.63) is 12.2 Å². The topological polar surface area (TPSA) is 74.6 Å². The van der Waals surface area contributed by atoms with Crippen molar-refractivity contribution in [3.63, 3.8) is 0 Å². The second-order valence-corrected chi connectivity index (χ2v) is 1.14. The summed E-state index contributed by atoms with van der Waals surface area (Å²) < 4.78 is 0. The van der Waals surface area contributed by atoms with Gasteiger partial charge in [0.05, 0.1) is 0 Å². The van der Waals surface area contributed by atoms with Crippen LogP contribution < -0.4 is 5.73 Å². The Balaban J connectivity index is 0. The van der Waals surface area contributed by atoms with Gasteiger partial charge >= 0.3 is 0 Å². The molecule has 0 saturated heterocycles. The molecule has 0 fully saturated rings. The van der Waals surface area contributed by atoms with Gasteiger partial charge in [0.15, 0.2) is 0 Å². The zero-order chi connectivity index (χ0) is 5.15. The molecule has 0 aliphatic heterocycles. The summed E-state index contributed by atoms with van der Waals surface area (Å²) in [7, 11) is 0. The van der Waals surface area contributed by atoms with Gasteiger partial charge in [-0.25, -0.2) is 0 Å². The van der Waals surface area contributed by atoms with E-state index in [0.717, 1.165) is 0 Å². The van der Waals surface area contributed by atoms with Gasteiger partial charge in [0.1, 0.15) is 0 Å². The fourth-order valence-corrected chi connectivity index (χ4v) is 0. The van der Waals surface area contributed by atoms with Crippen molar-refractivity contribution >= 4 is 5.91 Å². The van der Waals surface area contributed by atoms with Gasteiger partial charge in [-0.2, -0.15) is 0 Å². The Labute approximate surface area is 42.1 Å². The van der Waals surface area contributed by atoms with Crippen LogP contribution in [0.4, 0.5) is 0 Å². The number of rotatable bonds is 1. The van der Waals surface area contributed by atoms with E-state index in [1.807, 2.05) is 0 Å². The minimum Gasteiger partial charge on any atom is -0.412 e. The van der Waals surface area contributed by atoms with Crippen LogP contribution in [0.3, 0.4) is 0 Å². The molecule has 0 rings (SSSR count). The van der Waals surface area contributed by atoms with Crippen molar-refractivity contribution in [3.8, 4) is 0 Å². The first kappa shape index (κ1) is 9.48. The summed E-state index contributed by atoms with van der Waals surface area (Å²) in [5, 5.41) is 0. The molecule has 0 aliphatic carbocycles. The molecule has 0 unspecified atom stereocenters. The lowest BCUT2D eigenvalue weighted by Gasteiger charge is -1.81. The zero-order valence-electron chi connectivity index (χ0n) is 4.19. The molecule has 0 heterocycles. The standard InChI is InChI=1S/C4H7NO.H2O/c1-3(2)4(5)6;/h1H2,2H3,(H2,5,6);1H2. The third-order valence-corrected chi connectivity index (χ3v) is 0.421. The highest BCUT2D eigenvalue weighted by Gasteiger charge is 1.86. The fraction of sp³-hybridized carbons (Fsp3) is 0.250. The molecule has 0 spiro atoms. The number of primary amides is 1. The van der Waals surface area contributed by atoms with Crippen LogP contribution in [0, 0.1) is 0 Å². The molecule has 0 aliphatic rings. The predicted molar refractivity (Wildman–Crippen MR) is 27.6 cm³/mol. The molecule has 42 valence electrons. The van der Waals surface area contributed by atoms with E-state index < -0.39 is 5.91 Å². The number of hydrogen-bond acceptors (Lipinski definition) is 1. The Bertz CT molecular complexity index is 75.7. The molecule has 7 heavy (non-hydrogen) atoms. The van der Waals surface area contributed by atoms with Gasteiger partial charge in [-0.05, 0) is 6.92 Å². The van der Waals surface area contributed by atoms with Crippen LogP contribution in [0.5, 0.6) is 0 Å². The van der Waals surface area contributed by atoms with E-state index in [4.69, 9.17) is 5.73 Å². The average Bonchev–Trinajstić information content (AvgIpc) is 1.36. The van der Waals surface area contributed by atoms with Crippen LogP contribution in [0.1, 0.15) is 6.92 Å². The zero-order valence-corrected chi connectivity index (χ0v) is 4.19. The van der Waals surface area contributed by atoms with Crippen LogP contribution in [-0.2, 0) is 4.79 Å². The third kappa shape index (κ3) is 5.17. The maximum absolute atomic E-state index is 9.82. The van der Waals surface area contributed by atoms with E-state index in [1.165, 1.54) is 0 Å². The average molecular weight is 103 g/mol. The summed E-state index contributed by atoms with van der Waals surface area (Å²) in [5.41, 5.74) is 5.09. The monoisotopic (exact) mass is 103 g/mol. The predicted octanol–water partition coefficient (Wildman–Crippen LogP) is -0.777. The molecule has 3 heteroatoms. The summed E-state index contributed by atoms with van der Waals surface area (Å²) in [4.78, 5) is 9.82. The Morgan fingerprint density at radius 2 is 1.86 bits per heavy atom. The van der Waals surface area contributed by atoms with Crippen LogP contribution >= 0.6 is 0 Å². The first-order chi connectivity index (χ1) is 2.64. The highest BCUT2D eigenvalue weighted by molar-refractivity contribution is 5.90. The minimum atomic E-state index is -0.435. The largest absolute Gasteiger partial charge is 0.412 e. The number of nitrogens with two attached hydrogens (primary N) is 1. The molecule has 0 aromatic rings. The lowest BCUT2D eigenvalue weighted by molar-refractivity contribution is -0.114. The molecule has 0 bridgehead atoms. The van der Waals surface area contributed by atoms with E-state index in [0.29, 0.717) is 5.57 Å². The molecule has 0 atom stereocenters. The van der Waals surface area contributed by atoms with E-state index in [1.54, 1.807) is 6.92 Å². The van der Waals surface area contributed by atoms with Gasteiger partial charge in [0, 0.05) is 5.57 Å². The number of carbonyl (C=O) groups is 1. The van der Waals surface area contributed by atoms with Crippen LogP contribution in [-0.4, -0.2) is 11.4 Å². The second-order valence-electron chi connectivity index (χ2n) is 1.14. The van der Waals surface area contributed by atoms with E-state index in [9.17, 15) is 4.79 Å². The van der Waals surface area contributed by atoms with Gasteiger partial charge in [-0.15, -0.1) is 0 Å². The lowest BCUT2D eigenvalue weighted by Crippen LogP contribution is -2.10. The van der Waals surface area contributed by atoms with E-state index in [-0.39, 0.29) is 5.48 Å². The minimum absolute atomic E-state index is 0. The number of carbonyl (C=O) groups excluding carboxylic acids is 1. The van der Waals surface area contributed by atoms with E-state index >= 15 is 0 Å². The van der Waals surface area contributed by atoms with Gasteiger partial charge in [-0.1, -0.05) is 6.58 Å². The van der Waals surface area contributed by atoms with Crippen molar-refractivity contribution in [1.82, 2.24) is 0 Å². The SMILES string of the molecule is C=C(C)C(N)=O.O. The molecule has 0 saturated carbocycles. The summed E-state index contributed by atoms with van der Waals surface area (Å²) >= 11 is 0. The summed E-state index contributed by atoms with van der Waals surface area (Å²) in [6, 6.07) is 0. The Morgan fingerprint density at radius 3 is 1.86 bits per heavy atom. The summed E-state index contributed by atoms with van der Waals surface area (Å²) in [6.45, 7) is 4.85. The summed E-state index contributed by atoms with van der Waals surface area (Å²) in [5.74, 6) is -0.435. The normalized spacial score (nSPS) is 6.43. The van der Waals surface area contributed by atoms with Crippen molar-refractivity contribution < 1.29 is 10.3 Å². The molecule has 1 amide bonds.